The number of nitrogens with one attached hydrogen (secondary N) is 2. The average Bonchev–Trinajstić information content (AvgIpc) is 3.58. The Hall–Kier alpha value is -3.13. The van der Waals surface area contributed by atoms with E-state index in [4.69, 9.17) is 11.6 Å². The molecule has 1 unspecified atom stereocenters. The van der Waals surface area contributed by atoms with E-state index in [2.05, 4.69) is 20.6 Å². The Bertz CT molecular complexity index is 1290. The van der Waals surface area contributed by atoms with E-state index >= 15 is 0 Å². The number of carbonyl (C=O) groups excluding carboxylic acids is 2. The fourth-order valence-electron chi connectivity index (χ4n) is 5.61. The standard InChI is InChI=1S/C27H27ClF2N4O2/c28-19-10-11-20(29)22(23(19)30)24(15-4-1-2-5-15)34-26(35)16-8-9-17(14-16)33-27(36)18-6-3-7-21-25(18)32-13-12-31-21/h3,6-7,10-13,15-17,24H,1-2,4-5,8-9,14H2,(H,33,36)(H,34,35)/t16-,17?,24+/m1/s1. The number of carbonyl (C=O) groups is 2. The smallest absolute Gasteiger partial charge is 0.253 e. The van der Waals surface area contributed by atoms with E-state index in [-0.39, 0.29) is 40.3 Å². The van der Waals surface area contributed by atoms with Crippen LogP contribution in [0.5, 0.6) is 0 Å². The van der Waals surface area contributed by atoms with Crippen molar-refractivity contribution in [3.05, 3.63) is 70.5 Å². The largest absolute Gasteiger partial charge is 0.349 e. The second kappa shape index (κ2) is 10.5. The topological polar surface area (TPSA) is 84.0 Å². The van der Waals surface area contributed by atoms with Gasteiger partial charge in [0, 0.05) is 29.9 Å². The number of fused-ring (bicyclic) bond motifs is 1. The minimum atomic E-state index is -0.816. The number of halogens is 3. The summed E-state index contributed by atoms with van der Waals surface area (Å²) in [7, 11) is 0. The highest BCUT2D eigenvalue weighted by atomic mass is 35.5. The first-order valence-corrected chi connectivity index (χ1v) is 12.7. The first-order valence-electron chi connectivity index (χ1n) is 12.4. The molecular formula is C27H27ClF2N4O2. The Balaban J connectivity index is 1.28. The third-order valence-corrected chi connectivity index (χ3v) is 7.73. The lowest BCUT2D eigenvalue weighted by Crippen LogP contribution is -2.38. The monoisotopic (exact) mass is 512 g/mol. The molecule has 5 rings (SSSR count). The van der Waals surface area contributed by atoms with Crippen molar-refractivity contribution in [2.24, 2.45) is 11.8 Å². The zero-order chi connectivity index (χ0) is 25.2. The zero-order valence-corrected chi connectivity index (χ0v) is 20.4. The Morgan fingerprint density at radius 2 is 1.78 bits per heavy atom. The summed E-state index contributed by atoms with van der Waals surface area (Å²) in [6.07, 6.45) is 8.25. The molecule has 2 amide bonds. The van der Waals surface area contributed by atoms with Crippen LogP contribution in [0.4, 0.5) is 8.78 Å². The Morgan fingerprint density at radius 1 is 1.00 bits per heavy atom. The van der Waals surface area contributed by atoms with Gasteiger partial charge in [0.05, 0.1) is 22.1 Å². The molecule has 2 saturated carbocycles. The summed E-state index contributed by atoms with van der Waals surface area (Å²) in [5.41, 5.74) is 1.42. The number of nitrogens with zero attached hydrogens (tertiary/aromatic N) is 2. The molecule has 2 fully saturated rings. The third-order valence-electron chi connectivity index (χ3n) is 7.44. The molecule has 0 saturated heterocycles. The molecule has 2 aromatic carbocycles. The minimum absolute atomic E-state index is 0.0548. The van der Waals surface area contributed by atoms with Crippen molar-refractivity contribution in [1.82, 2.24) is 20.6 Å². The van der Waals surface area contributed by atoms with Crippen molar-refractivity contribution in [1.29, 1.82) is 0 Å². The highest BCUT2D eigenvalue weighted by Gasteiger charge is 2.37. The summed E-state index contributed by atoms with van der Waals surface area (Å²) >= 11 is 5.95. The maximum atomic E-state index is 14.9. The first kappa shape index (κ1) is 24.6. The van der Waals surface area contributed by atoms with Crippen LogP contribution >= 0.6 is 11.6 Å². The van der Waals surface area contributed by atoms with E-state index in [9.17, 15) is 18.4 Å². The van der Waals surface area contributed by atoms with E-state index in [0.29, 0.717) is 35.9 Å². The molecule has 188 valence electrons. The Morgan fingerprint density at radius 3 is 2.58 bits per heavy atom. The highest BCUT2D eigenvalue weighted by molar-refractivity contribution is 6.30. The number of rotatable bonds is 6. The molecule has 2 aliphatic rings. The summed E-state index contributed by atoms with van der Waals surface area (Å²) in [4.78, 5) is 34.7. The van der Waals surface area contributed by atoms with Crippen molar-refractivity contribution >= 4 is 34.4 Å². The van der Waals surface area contributed by atoms with Crippen LogP contribution in [0.3, 0.4) is 0 Å². The molecular weight excluding hydrogens is 486 g/mol. The van der Waals surface area contributed by atoms with Crippen LogP contribution in [0, 0.1) is 23.5 Å². The van der Waals surface area contributed by atoms with Gasteiger partial charge in [0.1, 0.15) is 17.2 Å². The number of hydrogen-bond donors (Lipinski definition) is 2. The van der Waals surface area contributed by atoms with E-state index in [1.54, 1.807) is 30.6 Å². The average molecular weight is 513 g/mol. The van der Waals surface area contributed by atoms with Crippen molar-refractivity contribution in [2.45, 2.75) is 57.0 Å². The van der Waals surface area contributed by atoms with Gasteiger partial charge < -0.3 is 10.6 Å². The van der Waals surface area contributed by atoms with Crippen molar-refractivity contribution in [3.63, 3.8) is 0 Å². The van der Waals surface area contributed by atoms with Crippen LogP contribution < -0.4 is 10.6 Å². The predicted octanol–water partition coefficient (Wildman–Crippen LogP) is 5.51. The Kier molecular flexibility index (Phi) is 7.14. The van der Waals surface area contributed by atoms with Crippen LogP contribution in [0.25, 0.3) is 11.0 Å². The second-order valence-corrected chi connectivity index (χ2v) is 10.1. The number of amides is 2. The highest BCUT2D eigenvalue weighted by Crippen LogP contribution is 2.39. The van der Waals surface area contributed by atoms with Gasteiger partial charge in [-0.3, -0.25) is 19.6 Å². The van der Waals surface area contributed by atoms with Crippen LogP contribution in [-0.2, 0) is 4.79 Å². The Labute approximate surface area is 212 Å². The number of hydrogen-bond acceptors (Lipinski definition) is 4. The number of aromatic nitrogens is 2. The molecule has 3 atom stereocenters. The van der Waals surface area contributed by atoms with E-state index in [1.165, 1.54) is 6.07 Å². The van der Waals surface area contributed by atoms with Gasteiger partial charge in [0.2, 0.25) is 5.91 Å². The van der Waals surface area contributed by atoms with Crippen LogP contribution in [0.15, 0.2) is 42.7 Å². The summed E-state index contributed by atoms with van der Waals surface area (Å²) < 4.78 is 29.6. The molecule has 0 spiro atoms. The maximum absolute atomic E-state index is 14.9. The molecule has 9 heteroatoms. The summed E-state index contributed by atoms with van der Waals surface area (Å²) in [6, 6.07) is 6.62. The minimum Gasteiger partial charge on any atom is -0.349 e. The lowest BCUT2D eigenvalue weighted by Gasteiger charge is -2.27. The molecule has 36 heavy (non-hydrogen) atoms. The molecule has 0 radical (unpaired) electrons. The maximum Gasteiger partial charge on any atom is 0.253 e. The van der Waals surface area contributed by atoms with Gasteiger partial charge in [0.15, 0.2) is 0 Å². The number of para-hydroxylation sites is 1. The number of benzene rings is 2. The molecule has 2 N–H and O–H groups in total. The summed E-state index contributed by atoms with van der Waals surface area (Å²) in [5, 5.41) is 5.80. The van der Waals surface area contributed by atoms with Gasteiger partial charge in [-0.2, -0.15) is 0 Å². The van der Waals surface area contributed by atoms with Gasteiger partial charge in [-0.15, -0.1) is 0 Å². The zero-order valence-electron chi connectivity index (χ0n) is 19.6. The van der Waals surface area contributed by atoms with Crippen molar-refractivity contribution in [2.75, 3.05) is 0 Å². The van der Waals surface area contributed by atoms with Crippen LogP contribution in [0.2, 0.25) is 5.02 Å². The van der Waals surface area contributed by atoms with Gasteiger partial charge in [-0.05, 0) is 62.3 Å². The van der Waals surface area contributed by atoms with Gasteiger partial charge in [-0.1, -0.05) is 30.5 Å². The second-order valence-electron chi connectivity index (χ2n) is 9.70. The lowest BCUT2D eigenvalue weighted by atomic mass is 9.90. The molecule has 2 aliphatic carbocycles. The predicted molar refractivity (Wildman–Crippen MR) is 132 cm³/mol. The first-order chi connectivity index (χ1) is 17.4. The molecule has 0 bridgehead atoms. The fourth-order valence-corrected chi connectivity index (χ4v) is 5.77. The molecule has 3 aromatic rings. The van der Waals surface area contributed by atoms with Crippen molar-refractivity contribution in [3.8, 4) is 0 Å². The van der Waals surface area contributed by atoms with Crippen LogP contribution in [-0.4, -0.2) is 27.8 Å². The summed E-state index contributed by atoms with van der Waals surface area (Å²) in [5.74, 6) is -2.46. The molecule has 6 nitrogen and oxygen atoms in total. The quantitative estimate of drug-likeness (QED) is 0.427. The molecule has 1 aromatic heterocycles. The van der Waals surface area contributed by atoms with Gasteiger partial charge in [-0.25, -0.2) is 8.78 Å². The summed E-state index contributed by atoms with van der Waals surface area (Å²) in [6.45, 7) is 0. The van der Waals surface area contributed by atoms with Crippen molar-refractivity contribution < 1.29 is 18.4 Å². The normalized spacial score (nSPS) is 21.0. The SMILES string of the molecule is O=C(NC1CC[C@@H](C(=O)N[C@H](c2c(F)ccc(Cl)c2F)C2CCCC2)C1)c1cccc2nccnc12. The van der Waals surface area contributed by atoms with Gasteiger partial charge >= 0.3 is 0 Å². The fraction of sp³-hybridized carbons (Fsp3) is 0.407. The lowest BCUT2D eigenvalue weighted by molar-refractivity contribution is -0.126. The van der Waals surface area contributed by atoms with Crippen LogP contribution in [0.1, 0.15) is 66.9 Å². The molecule has 0 aliphatic heterocycles. The third kappa shape index (κ3) is 4.91. The van der Waals surface area contributed by atoms with Gasteiger partial charge in [0.25, 0.3) is 5.91 Å². The van der Waals surface area contributed by atoms with E-state index in [0.717, 1.165) is 31.7 Å². The van der Waals surface area contributed by atoms with E-state index in [1.807, 2.05) is 0 Å². The van der Waals surface area contributed by atoms with E-state index < -0.39 is 17.7 Å². The molecule has 1 heterocycles.